The van der Waals surface area contributed by atoms with Gasteiger partial charge in [-0.05, 0) is 43.1 Å². The van der Waals surface area contributed by atoms with Gasteiger partial charge in [0.2, 0.25) is 0 Å². The lowest BCUT2D eigenvalue weighted by Crippen LogP contribution is -2.19. The second kappa shape index (κ2) is 6.37. The van der Waals surface area contributed by atoms with Gasteiger partial charge in [-0.15, -0.1) is 0 Å². The first-order chi connectivity index (χ1) is 9.06. The molecule has 0 aromatic heterocycles. The molecule has 1 aromatic rings. The van der Waals surface area contributed by atoms with Crippen molar-refractivity contribution < 1.29 is 9.90 Å². The van der Waals surface area contributed by atoms with Gasteiger partial charge in [0.25, 0.3) is 0 Å². The highest BCUT2D eigenvalue weighted by molar-refractivity contribution is 6.31. The van der Waals surface area contributed by atoms with Gasteiger partial charge in [-0.3, -0.25) is 9.69 Å². The number of carboxylic acid groups (broad SMARTS) is 1. The number of nitrogens with zero attached hydrogens (tertiary/aromatic N) is 1. The molecule has 3 N–H and O–H groups in total. The fraction of sp³-hybridized carbons (Fsp3) is 0.500. The minimum Gasteiger partial charge on any atom is -0.481 e. The number of hydrogen-bond acceptors (Lipinski definition) is 3. The molecule has 4 nitrogen and oxygen atoms in total. The van der Waals surface area contributed by atoms with Crippen molar-refractivity contribution in [2.45, 2.75) is 31.8 Å². The van der Waals surface area contributed by atoms with E-state index in [1.54, 1.807) is 6.07 Å². The summed E-state index contributed by atoms with van der Waals surface area (Å²) in [6.07, 6.45) is 2.42. The molecule has 1 atom stereocenters. The maximum Gasteiger partial charge on any atom is 0.305 e. The Bertz CT molecular complexity index is 459. The third kappa shape index (κ3) is 3.93. The van der Waals surface area contributed by atoms with Gasteiger partial charge in [-0.25, -0.2) is 0 Å². The first kappa shape index (κ1) is 14.3. The van der Waals surface area contributed by atoms with Crippen LogP contribution in [0.4, 0.5) is 0 Å². The molecule has 1 heterocycles. The maximum absolute atomic E-state index is 10.6. The quantitative estimate of drug-likeness (QED) is 0.870. The summed E-state index contributed by atoms with van der Waals surface area (Å²) in [5.74, 6) is -0.898. The summed E-state index contributed by atoms with van der Waals surface area (Å²) in [6.45, 7) is 3.10. The molecule has 0 radical (unpaired) electrons. The lowest BCUT2D eigenvalue weighted by atomic mass is 10.0. The number of rotatable bonds is 5. The van der Waals surface area contributed by atoms with E-state index in [1.807, 2.05) is 12.1 Å². The molecule has 104 valence electrons. The standard InChI is InChI=1S/C14H19ClN2O2/c15-12-7-10(13(16)8-14(18)19)3-4-11(12)9-17-5-1-2-6-17/h3-4,7,13H,1-2,5-6,8-9,16H2,(H,18,19). The zero-order chi connectivity index (χ0) is 13.8. The van der Waals surface area contributed by atoms with Gasteiger partial charge in [0.1, 0.15) is 0 Å². The molecule has 1 saturated heterocycles. The molecule has 0 spiro atoms. The second-order valence-corrected chi connectivity index (χ2v) is 5.45. The lowest BCUT2D eigenvalue weighted by Gasteiger charge is -2.17. The summed E-state index contributed by atoms with van der Waals surface area (Å²) in [5.41, 5.74) is 7.68. The molecule has 5 heteroatoms. The zero-order valence-corrected chi connectivity index (χ0v) is 11.6. The van der Waals surface area contributed by atoms with Crippen molar-refractivity contribution in [3.63, 3.8) is 0 Å². The first-order valence-corrected chi connectivity index (χ1v) is 6.92. The van der Waals surface area contributed by atoms with Crippen LogP contribution in [0.3, 0.4) is 0 Å². The van der Waals surface area contributed by atoms with Crippen LogP contribution in [-0.4, -0.2) is 29.1 Å². The van der Waals surface area contributed by atoms with Crippen LogP contribution >= 0.6 is 11.6 Å². The molecular weight excluding hydrogens is 264 g/mol. The number of carboxylic acids is 1. The van der Waals surface area contributed by atoms with Crippen LogP contribution < -0.4 is 5.73 Å². The molecular formula is C14H19ClN2O2. The third-order valence-corrected chi connectivity index (χ3v) is 3.84. The summed E-state index contributed by atoms with van der Waals surface area (Å²) in [6, 6.07) is 5.12. The largest absolute Gasteiger partial charge is 0.481 e. The predicted molar refractivity (Wildman–Crippen MR) is 75.1 cm³/mol. The van der Waals surface area contributed by atoms with E-state index in [-0.39, 0.29) is 6.42 Å². The number of aliphatic carboxylic acids is 1. The van der Waals surface area contributed by atoms with E-state index >= 15 is 0 Å². The van der Waals surface area contributed by atoms with E-state index in [0.717, 1.165) is 30.8 Å². The summed E-state index contributed by atoms with van der Waals surface area (Å²) in [4.78, 5) is 13.0. The van der Waals surface area contributed by atoms with Crippen molar-refractivity contribution in [2.75, 3.05) is 13.1 Å². The number of nitrogens with two attached hydrogens (primary N) is 1. The van der Waals surface area contributed by atoms with E-state index in [4.69, 9.17) is 22.4 Å². The smallest absolute Gasteiger partial charge is 0.305 e. The van der Waals surface area contributed by atoms with E-state index in [9.17, 15) is 4.79 Å². The Kier molecular flexibility index (Phi) is 4.80. The van der Waals surface area contributed by atoms with Gasteiger partial charge in [-0.1, -0.05) is 23.7 Å². The summed E-state index contributed by atoms with van der Waals surface area (Å²) in [5, 5.41) is 9.41. The molecule has 1 aliphatic rings. The number of likely N-dealkylation sites (tertiary alicyclic amines) is 1. The minimum absolute atomic E-state index is 0.0815. The van der Waals surface area contributed by atoms with Gasteiger partial charge >= 0.3 is 5.97 Å². The van der Waals surface area contributed by atoms with Crippen LogP contribution in [-0.2, 0) is 11.3 Å². The average Bonchev–Trinajstić information content (AvgIpc) is 2.83. The molecule has 19 heavy (non-hydrogen) atoms. The summed E-state index contributed by atoms with van der Waals surface area (Å²) < 4.78 is 0. The highest BCUT2D eigenvalue weighted by atomic mass is 35.5. The molecule has 1 aromatic carbocycles. The van der Waals surface area contributed by atoms with Gasteiger partial charge in [0, 0.05) is 17.6 Å². The Morgan fingerprint density at radius 2 is 2.11 bits per heavy atom. The molecule has 2 rings (SSSR count). The maximum atomic E-state index is 10.6. The van der Waals surface area contributed by atoms with Crippen LogP contribution in [0.25, 0.3) is 0 Å². The lowest BCUT2D eigenvalue weighted by molar-refractivity contribution is -0.137. The molecule has 0 bridgehead atoms. The van der Waals surface area contributed by atoms with Crippen molar-refractivity contribution in [3.8, 4) is 0 Å². The SMILES string of the molecule is NC(CC(=O)O)c1ccc(CN2CCCC2)c(Cl)c1. The van der Waals surface area contributed by atoms with Crippen molar-refractivity contribution in [1.29, 1.82) is 0 Å². The van der Waals surface area contributed by atoms with Crippen LogP contribution in [0.1, 0.15) is 36.4 Å². The monoisotopic (exact) mass is 282 g/mol. The van der Waals surface area contributed by atoms with Gasteiger partial charge < -0.3 is 10.8 Å². The van der Waals surface area contributed by atoms with E-state index < -0.39 is 12.0 Å². The van der Waals surface area contributed by atoms with Gasteiger partial charge in [0.15, 0.2) is 0 Å². The van der Waals surface area contributed by atoms with E-state index in [0.29, 0.717) is 5.02 Å². The molecule has 0 aliphatic carbocycles. The van der Waals surface area contributed by atoms with E-state index in [2.05, 4.69) is 4.90 Å². The van der Waals surface area contributed by atoms with E-state index in [1.165, 1.54) is 12.8 Å². The van der Waals surface area contributed by atoms with Gasteiger partial charge in [0.05, 0.1) is 6.42 Å². The Labute approximate surface area is 118 Å². The Morgan fingerprint density at radius 1 is 1.42 bits per heavy atom. The molecule has 1 fully saturated rings. The Balaban J connectivity index is 2.05. The van der Waals surface area contributed by atoms with Crippen molar-refractivity contribution in [1.82, 2.24) is 4.90 Å². The summed E-state index contributed by atoms with van der Waals surface area (Å²) in [7, 11) is 0. The Hall–Kier alpha value is -1.10. The van der Waals surface area contributed by atoms with Crippen molar-refractivity contribution in [3.05, 3.63) is 34.3 Å². The highest BCUT2D eigenvalue weighted by Crippen LogP contribution is 2.24. The fourth-order valence-electron chi connectivity index (χ4n) is 2.41. The van der Waals surface area contributed by atoms with Crippen LogP contribution in [0.5, 0.6) is 0 Å². The third-order valence-electron chi connectivity index (χ3n) is 3.49. The topological polar surface area (TPSA) is 66.6 Å². The number of benzene rings is 1. The summed E-state index contributed by atoms with van der Waals surface area (Å²) >= 11 is 6.26. The molecule has 1 unspecified atom stereocenters. The van der Waals surface area contributed by atoms with Crippen LogP contribution in [0.15, 0.2) is 18.2 Å². The Morgan fingerprint density at radius 3 is 2.68 bits per heavy atom. The molecule has 0 saturated carbocycles. The van der Waals surface area contributed by atoms with Crippen molar-refractivity contribution >= 4 is 17.6 Å². The first-order valence-electron chi connectivity index (χ1n) is 6.54. The van der Waals surface area contributed by atoms with Crippen LogP contribution in [0.2, 0.25) is 5.02 Å². The minimum atomic E-state index is -0.898. The number of carbonyl (C=O) groups is 1. The zero-order valence-electron chi connectivity index (χ0n) is 10.8. The normalized spacial score (nSPS) is 17.6. The van der Waals surface area contributed by atoms with Crippen LogP contribution in [0, 0.1) is 0 Å². The molecule has 0 amide bonds. The van der Waals surface area contributed by atoms with Crippen molar-refractivity contribution in [2.24, 2.45) is 5.73 Å². The number of halogens is 1. The second-order valence-electron chi connectivity index (χ2n) is 5.04. The fourth-order valence-corrected chi connectivity index (χ4v) is 2.66. The van der Waals surface area contributed by atoms with Gasteiger partial charge in [-0.2, -0.15) is 0 Å². The molecule has 1 aliphatic heterocycles. The average molecular weight is 283 g/mol. The number of hydrogen-bond donors (Lipinski definition) is 2. The predicted octanol–water partition coefficient (Wildman–Crippen LogP) is 2.41. The highest BCUT2D eigenvalue weighted by Gasteiger charge is 2.15.